The van der Waals surface area contributed by atoms with Gasteiger partial charge in [-0.15, -0.1) is 0 Å². The third-order valence-corrected chi connectivity index (χ3v) is 4.54. The molecule has 0 spiro atoms. The summed E-state index contributed by atoms with van der Waals surface area (Å²) in [5.41, 5.74) is 2.41. The van der Waals surface area contributed by atoms with Crippen molar-refractivity contribution in [1.29, 1.82) is 0 Å². The topological polar surface area (TPSA) is 64.1 Å². The number of aliphatic imine (C=N–C) groups is 1. The first kappa shape index (κ1) is 20.5. The zero-order valence-corrected chi connectivity index (χ0v) is 16.3. The Kier molecular flexibility index (Phi) is 9.28. The highest BCUT2D eigenvalue weighted by atomic mass is 16.5. The van der Waals surface area contributed by atoms with Gasteiger partial charge in [0, 0.05) is 40.0 Å². The molecule has 26 heavy (non-hydrogen) atoms. The predicted molar refractivity (Wildman–Crippen MR) is 105 cm³/mol. The van der Waals surface area contributed by atoms with Crippen molar-refractivity contribution in [3.8, 4) is 5.75 Å². The van der Waals surface area contributed by atoms with Crippen molar-refractivity contribution in [2.45, 2.75) is 38.7 Å². The van der Waals surface area contributed by atoms with Crippen molar-refractivity contribution in [1.82, 2.24) is 10.6 Å². The fourth-order valence-electron chi connectivity index (χ4n) is 2.94. The second-order valence-electron chi connectivity index (χ2n) is 6.52. The van der Waals surface area contributed by atoms with Crippen molar-refractivity contribution in [3.05, 3.63) is 29.3 Å². The summed E-state index contributed by atoms with van der Waals surface area (Å²) in [4.78, 5) is 4.27. The van der Waals surface area contributed by atoms with Gasteiger partial charge in [0.25, 0.3) is 0 Å². The summed E-state index contributed by atoms with van der Waals surface area (Å²) in [6.07, 6.45) is 4.28. The van der Waals surface area contributed by atoms with E-state index in [1.807, 2.05) is 0 Å². The van der Waals surface area contributed by atoms with Crippen LogP contribution >= 0.6 is 0 Å². The summed E-state index contributed by atoms with van der Waals surface area (Å²) in [5.74, 6) is 1.77. The maximum Gasteiger partial charge on any atom is 0.190 e. The van der Waals surface area contributed by atoms with E-state index in [0.717, 1.165) is 75.9 Å². The lowest BCUT2D eigenvalue weighted by Gasteiger charge is -2.22. The lowest BCUT2D eigenvalue weighted by Crippen LogP contribution is -2.39. The molecule has 1 aromatic carbocycles. The van der Waals surface area contributed by atoms with Crippen LogP contribution in [0.2, 0.25) is 0 Å². The van der Waals surface area contributed by atoms with Crippen LogP contribution in [0.4, 0.5) is 0 Å². The molecule has 1 fully saturated rings. The third-order valence-electron chi connectivity index (χ3n) is 4.54. The lowest BCUT2D eigenvalue weighted by atomic mass is 10.1. The second-order valence-corrected chi connectivity index (χ2v) is 6.52. The first-order valence-electron chi connectivity index (χ1n) is 9.50. The molecule has 0 aromatic heterocycles. The number of nitrogens with one attached hydrogen (secondary N) is 2. The van der Waals surface area contributed by atoms with Crippen LogP contribution in [-0.2, 0) is 15.9 Å². The summed E-state index contributed by atoms with van der Waals surface area (Å²) in [5, 5.41) is 6.69. The van der Waals surface area contributed by atoms with Crippen molar-refractivity contribution in [2.75, 3.05) is 47.1 Å². The van der Waals surface area contributed by atoms with Crippen LogP contribution in [0, 0.1) is 6.92 Å². The number of ether oxygens (including phenoxy) is 3. The summed E-state index contributed by atoms with van der Waals surface area (Å²) >= 11 is 0. The van der Waals surface area contributed by atoms with Gasteiger partial charge in [0.05, 0.1) is 13.2 Å². The number of hydrogen-bond donors (Lipinski definition) is 2. The van der Waals surface area contributed by atoms with E-state index in [1.54, 1.807) is 14.2 Å². The van der Waals surface area contributed by atoms with E-state index in [9.17, 15) is 0 Å². The van der Waals surface area contributed by atoms with Crippen molar-refractivity contribution >= 4 is 5.96 Å². The number of aryl methyl sites for hydroxylation is 1. The van der Waals surface area contributed by atoms with Crippen molar-refractivity contribution < 1.29 is 14.2 Å². The fourth-order valence-corrected chi connectivity index (χ4v) is 2.94. The van der Waals surface area contributed by atoms with Gasteiger partial charge in [-0.2, -0.15) is 0 Å². The molecule has 1 heterocycles. The van der Waals surface area contributed by atoms with Crippen molar-refractivity contribution in [2.24, 2.45) is 4.99 Å². The Bertz CT molecular complexity index is 557. The Hall–Kier alpha value is -1.79. The van der Waals surface area contributed by atoms with Gasteiger partial charge >= 0.3 is 0 Å². The average molecular weight is 364 g/mol. The molecule has 0 unspecified atom stereocenters. The minimum atomic E-state index is 0.368. The van der Waals surface area contributed by atoms with Crippen LogP contribution in [0.25, 0.3) is 0 Å². The molecular formula is C20H33N3O3. The molecule has 1 aliphatic rings. The van der Waals surface area contributed by atoms with Crippen LogP contribution in [0.3, 0.4) is 0 Å². The molecular weight excluding hydrogens is 330 g/mol. The number of benzene rings is 1. The standard InChI is InChI=1S/C20H33N3O3/c1-16-5-6-17(15-19(16)24-3)7-11-23-20(21-2)22-10-4-12-26-18-8-13-25-14-9-18/h5-6,15,18H,4,7-14H2,1-3H3,(H2,21,22,23). The van der Waals surface area contributed by atoms with Crippen LogP contribution in [0.15, 0.2) is 23.2 Å². The van der Waals surface area contributed by atoms with Crippen molar-refractivity contribution in [3.63, 3.8) is 0 Å². The Labute approximate surface area is 157 Å². The van der Waals surface area contributed by atoms with Crippen LogP contribution in [0.5, 0.6) is 5.75 Å². The van der Waals surface area contributed by atoms with E-state index in [2.05, 4.69) is 40.7 Å². The Balaban J connectivity index is 1.58. The van der Waals surface area contributed by atoms with Gasteiger partial charge in [-0.1, -0.05) is 12.1 Å². The Morgan fingerprint density at radius 3 is 2.73 bits per heavy atom. The molecule has 6 heteroatoms. The number of nitrogens with zero attached hydrogens (tertiary/aromatic N) is 1. The highest BCUT2D eigenvalue weighted by Crippen LogP contribution is 2.19. The molecule has 2 N–H and O–H groups in total. The zero-order chi connectivity index (χ0) is 18.6. The molecule has 0 aliphatic carbocycles. The van der Waals surface area contributed by atoms with E-state index in [1.165, 1.54) is 5.56 Å². The van der Waals surface area contributed by atoms with Gasteiger partial charge in [-0.3, -0.25) is 4.99 Å². The summed E-state index contributed by atoms with van der Waals surface area (Å²) < 4.78 is 16.6. The number of rotatable bonds is 9. The number of methoxy groups -OCH3 is 1. The quantitative estimate of drug-likeness (QED) is 0.400. The monoisotopic (exact) mass is 363 g/mol. The van der Waals surface area contributed by atoms with E-state index in [-0.39, 0.29) is 0 Å². The summed E-state index contributed by atoms with van der Waals surface area (Å²) in [6.45, 7) is 6.15. The van der Waals surface area contributed by atoms with Gasteiger partial charge in [0.2, 0.25) is 0 Å². The maximum absolute atomic E-state index is 5.88. The number of guanidine groups is 1. The molecule has 0 atom stereocenters. The van der Waals surface area contributed by atoms with E-state index in [4.69, 9.17) is 14.2 Å². The normalized spacial score (nSPS) is 15.7. The van der Waals surface area contributed by atoms with Crippen LogP contribution < -0.4 is 15.4 Å². The molecule has 1 saturated heterocycles. The summed E-state index contributed by atoms with van der Waals surface area (Å²) in [7, 11) is 3.50. The zero-order valence-electron chi connectivity index (χ0n) is 16.3. The molecule has 1 aliphatic heterocycles. The summed E-state index contributed by atoms with van der Waals surface area (Å²) in [6, 6.07) is 6.34. The Morgan fingerprint density at radius 2 is 2.00 bits per heavy atom. The highest BCUT2D eigenvalue weighted by molar-refractivity contribution is 5.79. The molecule has 0 amide bonds. The Morgan fingerprint density at radius 1 is 1.23 bits per heavy atom. The fraction of sp³-hybridized carbons (Fsp3) is 0.650. The van der Waals surface area contributed by atoms with Crippen LogP contribution in [-0.4, -0.2) is 59.1 Å². The molecule has 0 radical (unpaired) electrons. The van der Waals surface area contributed by atoms with E-state index >= 15 is 0 Å². The predicted octanol–water partition coefficient (Wildman–Crippen LogP) is 2.30. The second kappa shape index (κ2) is 11.8. The van der Waals surface area contributed by atoms with Crippen LogP contribution in [0.1, 0.15) is 30.4 Å². The molecule has 1 aromatic rings. The largest absolute Gasteiger partial charge is 0.496 e. The molecule has 0 saturated carbocycles. The van der Waals surface area contributed by atoms with Gasteiger partial charge in [-0.05, 0) is 49.8 Å². The first-order valence-corrected chi connectivity index (χ1v) is 9.50. The van der Waals surface area contributed by atoms with E-state index in [0.29, 0.717) is 6.10 Å². The third kappa shape index (κ3) is 7.22. The smallest absolute Gasteiger partial charge is 0.190 e. The van der Waals surface area contributed by atoms with Gasteiger partial charge in [-0.25, -0.2) is 0 Å². The number of hydrogen-bond acceptors (Lipinski definition) is 4. The average Bonchev–Trinajstić information content (AvgIpc) is 2.68. The molecule has 6 nitrogen and oxygen atoms in total. The molecule has 2 rings (SSSR count). The highest BCUT2D eigenvalue weighted by Gasteiger charge is 2.13. The minimum Gasteiger partial charge on any atom is -0.496 e. The van der Waals surface area contributed by atoms with Gasteiger partial charge < -0.3 is 24.8 Å². The lowest BCUT2D eigenvalue weighted by molar-refractivity contribution is -0.0320. The maximum atomic E-state index is 5.88. The van der Waals surface area contributed by atoms with E-state index < -0.39 is 0 Å². The minimum absolute atomic E-state index is 0.368. The molecule has 0 bridgehead atoms. The first-order chi connectivity index (χ1) is 12.7. The molecule has 146 valence electrons. The SMILES string of the molecule is CN=C(NCCCOC1CCOCC1)NCCc1ccc(C)c(OC)c1. The van der Waals surface area contributed by atoms with Gasteiger partial charge in [0.1, 0.15) is 5.75 Å². The van der Waals surface area contributed by atoms with Gasteiger partial charge in [0.15, 0.2) is 5.96 Å².